The molecule has 0 saturated carbocycles. The maximum Gasteiger partial charge on any atom is 0.267 e. The van der Waals surface area contributed by atoms with E-state index in [4.69, 9.17) is 14.0 Å². The van der Waals surface area contributed by atoms with Crippen LogP contribution in [0.15, 0.2) is 27.6 Å². The van der Waals surface area contributed by atoms with Gasteiger partial charge in [-0.3, -0.25) is 14.3 Å². The first-order valence-electron chi connectivity index (χ1n) is 16.3. The molecule has 264 valence electrons. The van der Waals surface area contributed by atoms with Gasteiger partial charge in [-0.2, -0.15) is 0 Å². The Labute approximate surface area is 279 Å². The molecular formula is C33H53N5O8S. The summed E-state index contributed by atoms with van der Waals surface area (Å²) in [5, 5.41) is 14.0. The predicted octanol–water partition coefficient (Wildman–Crippen LogP) is 3.69. The Morgan fingerprint density at radius 3 is 2.55 bits per heavy atom. The second-order valence-electron chi connectivity index (χ2n) is 13.0. The van der Waals surface area contributed by atoms with Crippen molar-refractivity contribution in [2.75, 3.05) is 58.7 Å². The van der Waals surface area contributed by atoms with E-state index in [1.54, 1.807) is 42.8 Å². The number of amides is 2. The zero-order valence-electron chi connectivity index (χ0n) is 29.1. The summed E-state index contributed by atoms with van der Waals surface area (Å²) in [5.41, 5.74) is 0.539. The second-order valence-corrected chi connectivity index (χ2v) is 14.6. The Morgan fingerprint density at radius 1 is 1.19 bits per heavy atom. The first kappa shape index (κ1) is 38.2. The van der Waals surface area contributed by atoms with Crippen LogP contribution in [0.2, 0.25) is 0 Å². The van der Waals surface area contributed by atoms with Gasteiger partial charge in [0.1, 0.15) is 11.4 Å². The number of nitrogens with zero attached hydrogens (tertiary/aromatic N) is 4. The summed E-state index contributed by atoms with van der Waals surface area (Å²) in [7, 11) is 1.65. The molecular weight excluding hydrogens is 626 g/mol. The molecule has 2 aromatic rings. The van der Waals surface area contributed by atoms with Crippen molar-refractivity contribution in [2.45, 2.75) is 89.9 Å². The summed E-state index contributed by atoms with van der Waals surface area (Å²) in [5.74, 6) is -0.139. The fraction of sp³-hybridized carbons (Fsp3) is 0.667. The van der Waals surface area contributed by atoms with Crippen molar-refractivity contribution in [1.82, 2.24) is 19.9 Å². The van der Waals surface area contributed by atoms with Crippen LogP contribution < -0.4 is 9.46 Å². The number of likely N-dealkylation sites (N-methyl/N-ethyl adjacent to an activating group) is 1. The third-order valence-corrected chi connectivity index (χ3v) is 10.0. The van der Waals surface area contributed by atoms with E-state index < -0.39 is 22.0 Å². The van der Waals surface area contributed by atoms with Crippen LogP contribution in [0.3, 0.4) is 0 Å². The highest BCUT2D eigenvalue weighted by Gasteiger charge is 2.32. The van der Waals surface area contributed by atoms with Crippen molar-refractivity contribution in [1.29, 1.82) is 0 Å². The number of rotatable bonds is 11. The van der Waals surface area contributed by atoms with Crippen molar-refractivity contribution < 1.29 is 37.1 Å². The number of benzene rings is 1. The number of hydrogen-bond acceptors (Lipinski definition) is 10. The highest BCUT2D eigenvalue weighted by atomic mass is 32.2. The summed E-state index contributed by atoms with van der Waals surface area (Å²) < 4.78 is 46.8. The molecule has 47 heavy (non-hydrogen) atoms. The predicted molar refractivity (Wildman–Crippen MR) is 179 cm³/mol. The van der Waals surface area contributed by atoms with E-state index in [1.165, 1.54) is 13.0 Å². The van der Waals surface area contributed by atoms with E-state index in [0.29, 0.717) is 31.7 Å². The number of nitrogens with one attached hydrogen (secondary N) is 1. The monoisotopic (exact) mass is 679 g/mol. The SMILES string of the molecule is Cc1noc(C)c1S(=O)(=O)Nc1ccc2c(c1)C(=O)N([C@@H](C)CO)C[C@H](C)[C@H](CN(C)C(=O)CCCN(C)C)OCCCC[C@@H](C)O2. The number of fused-ring (bicyclic) bond motifs is 1. The molecule has 1 aliphatic heterocycles. The summed E-state index contributed by atoms with van der Waals surface area (Å²) in [6, 6.07) is 4.03. The van der Waals surface area contributed by atoms with Crippen LogP contribution in [-0.4, -0.2) is 117 Å². The maximum absolute atomic E-state index is 14.3. The van der Waals surface area contributed by atoms with Crippen LogP contribution in [0.1, 0.15) is 74.7 Å². The Bertz CT molecular complexity index is 1430. The van der Waals surface area contributed by atoms with Crippen molar-refractivity contribution in [3.63, 3.8) is 0 Å². The molecule has 2 amide bonds. The van der Waals surface area contributed by atoms with Gasteiger partial charge >= 0.3 is 0 Å². The molecule has 0 bridgehead atoms. The average molecular weight is 680 g/mol. The lowest BCUT2D eigenvalue weighted by atomic mass is 10.0. The molecule has 13 nitrogen and oxygen atoms in total. The fourth-order valence-electron chi connectivity index (χ4n) is 5.62. The van der Waals surface area contributed by atoms with E-state index in [9.17, 15) is 23.1 Å². The summed E-state index contributed by atoms with van der Waals surface area (Å²) >= 11 is 0. The molecule has 1 aromatic carbocycles. The number of aliphatic hydroxyl groups excluding tert-OH is 1. The van der Waals surface area contributed by atoms with E-state index in [-0.39, 0.29) is 64.8 Å². The fourth-order valence-corrected chi connectivity index (χ4v) is 7.00. The van der Waals surface area contributed by atoms with Gasteiger partial charge in [0.2, 0.25) is 5.91 Å². The van der Waals surface area contributed by atoms with Gasteiger partial charge in [-0.25, -0.2) is 8.42 Å². The number of aryl methyl sites for hydroxylation is 2. The number of hydrogen-bond donors (Lipinski definition) is 2. The molecule has 0 spiro atoms. The molecule has 2 heterocycles. The Balaban J connectivity index is 1.95. The summed E-state index contributed by atoms with van der Waals surface area (Å²) in [6.45, 7) is 10.3. The summed E-state index contributed by atoms with van der Waals surface area (Å²) in [6.07, 6.45) is 2.92. The smallest absolute Gasteiger partial charge is 0.267 e. The minimum atomic E-state index is -4.08. The van der Waals surface area contributed by atoms with Gasteiger partial charge in [-0.15, -0.1) is 0 Å². The van der Waals surface area contributed by atoms with Crippen molar-refractivity contribution >= 4 is 27.5 Å². The van der Waals surface area contributed by atoms with E-state index in [1.807, 2.05) is 32.8 Å². The molecule has 1 aromatic heterocycles. The average Bonchev–Trinajstić information content (AvgIpc) is 3.36. The topological polar surface area (TPSA) is 155 Å². The van der Waals surface area contributed by atoms with Crippen LogP contribution in [0.4, 0.5) is 5.69 Å². The highest BCUT2D eigenvalue weighted by Crippen LogP contribution is 2.30. The van der Waals surface area contributed by atoms with E-state index in [0.717, 1.165) is 25.8 Å². The van der Waals surface area contributed by atoms with Crippen LogP contribution in [0.5, 0.6) is 5.75 Å². The standard InChI is InChI=1S/C33H53N5O8S/c1-22-19-38(23(2)21-39)33(41)28-18-27(35-47(42,43)32-25(4)34-46-26(32)5)14-15-29(28)45-24(3)12-9-10-17-44-30(22)20-37(8)31(40)13-11-16-36(6)7/h14-15,18,22-24,30,35,39H,9-13,16-17,19-21H2,1-8H3/t22-,23-,24+,30-/m0/s1. The highest BCUT2D eigenvalue weighted by molar-refractivity contribution is 7.92. The molecule has 14 heteroatoms. The number of carbonyl (C=O) groups is 2. The number of aliphatic hydroxyl groups is 1. The van der Waals surface area contributed by atoms with Gasteiger partial charge in [-0.05, 0) is 92.2 Å². The van der Waals surface area contributed by atoms with E-state index in [2.05, 4.69) is 9.88 Å². The zero-order chi connectivity index (χ0) is 34.9. The first-order valence-corrected chi connectivity index (χ1v) is 17.8. The summed E-state index contributed by atoms with van der Waals surface area (Å²) in [4.78, 5) is 32.5. The minimum absolute atomic E-state index is 0.0326. The minimum Gasteiger partial charge on any atom is -0.490 e. The van der Waals surface area contributed by atoms with Gasteiger partial charge in [0.05, 0.1) is 30.4 Å². The Morgan fingerprint density at radius 2 is 1.91 bits per heavy atom. The third-order valence-electron chi connectivity index (χ3n) is 8.42. The molecule has 4 atom stereocenters. The molecule has 2 N–H and O–H groups in total. The van der Waals surface area contributed by atoms with Gasteiger partial charge < -0.3 is 33.8 Å². The number of anilines is 1. The molecule has 0 radical (unpaired) electrons. The van der Waals surface area contributed by atoms with Gasteiger partial charge in [-0.1, -0.05) is 12.1 Å². The Kier molecular flexibility index (Phi) is 14.1. The van der Waals surface area contributed by atoms with Crippen LogP contribution in [0, 0.1) is 19.8 Å². The van der Waals surface area contributed by atoms with Crippen molar-refractivity contribution in [3.8, 4) is 5.75 Å². The second kappa shape index (κ2) is 17.3. The number of aromatic nitrogens is 1. The number of carbonyl (C=O) groups excluding carboxylic acids is 2. The molecule has 1 aliphatic rings. The first-order chi connectivity index (χ1) is 22.1. The molecule has 3 rings (SSSR count). The molecule has 0 unspecified atom stereocenters. The molecule has 0 saturated heterocycles. The van der Waals surface area contributed by atoms with Crippen molar-refractivity contribution in [2.24, 2.45) is 5.92 Å². The lowest BCUT2D eigenvalue weighted by Gasteiger charge is -2.36. The number of ether oxygens (including phenoxy) is 2. The zero-order valence-corrected chi connectivity index (χ0v) is 29.9. The number of sulfonamides is 1. The Hall–Kier alpha value is -3.20. The van der Waals surface area contributed by atoms with Crippen molar-refractivity contribution in [3.05, 3.63) is 35.2 Å². The van der Waals surface area contributed by atoms with E-state index >= 15 is 0 Å². The van der Waals surface area contributed by atoms with Gasteiger partial charge in [0.15, 0.2) is 10.7 Å². The quantitative estimate of drug-likeness (QED) is 0.359. The van der Waals surface area contributed by atoms with Crippen LogP contribution in [0.25, 0.3) is 0 Å². The lowest BCUT2D eigenvalue weighted by molar-refractivity contribution is -0.132. The maximum atomic E-state index is 14.3. The van der Waals surface area contributed by atoms with Crippen LogP contribution in [-0.2, 0) is 19.6 Å². The van der Waals surface area contributed by atoms with Gasteiger partial charge in [0, 0.05) is 44.8 Å². The lowest BCUT2D eigenvalue weighted by Crippen LogP contribution is -2.48. The van der Waals surface area contributed by atoms with Gasteiger partial charge in [0.25, 0.3) is 15.9 Å². The normalized spacial score (nSPS) is 20.7. The molecule has 0 aliphatic carbocycles. The largest absolute Gasteiger partial charge is 0.490 e. The third kappa shape index (κ3) is 10.6. The van der Waals surface area contributed by atoms with Crippen LogP contribution >= 0.6 is 0 Å². The molecule has 0 fully saturated rings.